The Labute approximate surface area is 192 Å². The number of carbonyl (C=O) groups is 3. The van der Waals surface area contributed by atoms with Gasteiger partial charge in [-0.25, -0.2) is 4.79 Å². The van der Waals surface area contributed by atoms with Crippen LogP contribution in [-0.4, -0.2) is 50.3 Å². The zero-order valence-electron chi connectivity index (χ0n) is 18.8. The molecule has 1 unspecified atom stereocenters. The van der Waals surface area contributed by atoms with Crippen LogP contribution in [0.4, 0.5) is 5.69 Å². The van der Waals surface area contributed by atoms with Crippen molar-refractivity contribution in [1.82, 2.24) is 0 Å². The Morgan fingerprint density at radius 2 is 1.73 bits per heavy atom. The molecule has 33 heavy (non-hydrogen) atoms. The third kappa shape index (κ3) is 5.23. The maximum Gasteiger partial charge on any atom is 0.352 e. The fourth-order valence-electron chi connectivity index (χ4n) is 3.81. The molecular weight excluding hydrogens is 426 g/mol. The Balaban J connectivity index is 1.88. The van der Waals surface area contributed by atoms with Crippen LogP contribution in [-0.2, 0) is 28.6 Å². The number of anilines is 1. The van der Waals surface area contributed by atoms with Crippen LogP contribution in [0.2, 0.25) is 0 Å². The summed E-state index contributed by atoms with van der Waals surface area (Å²) in [5.74, 6) is -0.966. The lowest BCUT2D eigenvalue weighted by Crippen LogP contribution is -2.70. The first-order chi connectivity index (χ1) is 15.9. The predicted molar refractivity (Wildman–Crippen MR) is 121 cm³/mol. The third-order valence-corrected chi connectivity index (χ3v) is 5.34. The zero-order chi connectivity index (χ0) is 24.0. The Morgan fingerprint density at radius 1 is 1.06 bits per heavy atom. The Hall–Kier alpha value is -3.65. The molecule has 2 aromatic rings. The second kappa shape index (κ2) is 10.8. The number of amides is 1. The number of methoxy groups -OCH3 is 2. The number of esters is 2. The molecule has 1 aliphatic rings. The lowest BCUT2D eigenvalue weighted by atomic mass is 9.89. The van der Waals surface area contributed by atoms with Crippen LogP contribution in [0.25, 0.3) is 0 Å². The molecule has 8 nitrogen and oxygen atoms in total. The molecule has 2 aromatic carbocycles. The summed E-state index contributed by atoms with van der Waals surface area (Å²) in [4.78, 5) is 39.1. The molecule has 4 atom stereocenters. The van der Waals surface area contributed by atoms with E-state index in [1.807, 2.05) is 0 Å². The first-order valence-electron chi connectivity index (χ1n) is 10.4. The highest BCUT2D eigenvalue weighted by Crippen LogP contribution is 2.35. The van der Waals surface area contributed by atoms with Crippen LogP contribution < -0.4 is 9.64 Å². The minimum atomic E-state index is -1.23. The molecule has 0 aromatic heterocycles. The lowest BCUT2D eigenvalue weighted by Gasteiger charge is -2.48. The first-order valence-corrected chi connectivity index (χ1v) is 10.4. The molecule has 0 spiro atoms. The fourth-order valence-corrected chi connectivity index (χ4v) is 3.81. The Bertz CT molecular complexity index is 990. The third-order valence-electron chi connectivity index (χ3n) is 5.34. The standard InChI is InChI=1S/C25H27NO7/c1-5-9-20(33-25(29)22(32-16(2)27)17-10-7-6-8-11-17)21-23(31-4)24(28)26(21)18-12-14-19(30-3)15-13-18/h5-8,10-15,20-23H,1,9H2,2-4H3/t20?,21-,22+,23+/m0/s1. The van der Waals surface area contributed by atoms with Gasteiger partial charge < -0.3 is 23.8 Å². The summed E-state index contributed by atoms with van der Waals surface area (Å²) in [5, 5.41) is 0. The van der Waals surface area contributed by atoms with E-state index >= 15 is 0 Å². The van der Waals surface area contributed by atoms with Gasteiger partial charge in [-0.3, -0.25) is 9.59 Å². The molecule has 1 fully saturated rings. The van der Waals surface area contributed by atoms with E-state index in [1.165, 1.54) is 18.9 Å². The summed E-state index contributed by atoms with van der Waals surface area (Å²) in [7, 11) is 2.98. The average molecular weight is 453 g/mol. The van der Waals surface area contributed by atoms with Crippen LogP contribution in [0.3, 0.4) is 0 Å². The van der Waals surface area contributed by atoms with Gasteiger partial charge in [0.15, 0.2) is 6.10 Å². The summed E-state index contributed by atoms with van der Waals surface area (Å²) in [6.07, 6.45) is -0.946. The number of rotatable bonds is 10. The monoisotopic (exact) mass is 453 g/mol. The quantitative estimate of drug-likeness (QED) is 0.310. The molecule has 1 saturated heterocycles. The van der Waals surface area contributed by atoms with Gasteiger partial charge in [-0.2, -0.15) is 0 Å². The number of hydrogen-bond donors (Lipinski definition) is 0. The molecule has 3 rings (SSSR count). The van der Waals surface area contributed by atoms with Gasteiger partial charge in [0.1, 0.15) is 17.9 Å². The zero-order valence-corrected chi connectivity index (χ0v) is 18.8. The molecule has 174 valence electrons. The summed E-state index contributed by atoms with van der Waals surface area (Å²) in [5.41, 5.74) is 1.10. The van der Waals surface area contributed by atoms with Crippen molar-refractivity contribution < 1.29 is 33.3 Å². The van der Waals surface area contributed by atoms with Crippen molar-refractivity contribution in [2.75, 3.05) is 19.1 Å². The highest BCUT2D eigenvalue weighted by molar-refractivity contribution is 6.05. The maximum atomic E-state index is 13.1. The van der Waals surface area contributed by atoms with Crippen LogP contribution in [0.5, 0.6) is 5.75 Å². The number of carbonyl (C=O) groups excluding carboxylic acids is 3. The molecule has 1 heterocycles. The summed E-state index contributed by atoms with van der Waals surface area (Å²) in [6.45, 7) is 4.98. The number of β-lactam (4-membered cyclic amide) rings is 1. The summed E-state index contributed by atoms with van der Waals surface area (Å²) >= 11 is 0. The minimum absolute atomic E-state index is 0.252. The van der Waals surface area contributed by atoms with Gasteiger partial charge in [0.05, 0.1) is 7.11 Å². The van der Waals surface area contributed by atoms with E-state index in [9.17, 15) is 14.4 Å². The molecule has 0 saturated carbocycles. The van der Waals surface area contributed by atoms with E-state index in [2.05, 4.69) is 6.58 Å². The predicted octanol–water partition coefficient (Wildman–Crippen LogP) is 3.22. The van der Waals surface area contributed by atoms with Crippen LogP contribution >= 0.6 is 0 Å². The van der Waals surface area contributed by atoms with Crippen molar-refractivity contribution in [2.24, 2.45) is 0 Å². The largest absolute Gasteiger partial charge is 0.497 e. The van der Waals surface area contributed by atoms with Crippen molar-refractivity contribution in [3.05, 3.63) is 72.8 Å². The van der Waals surface area contributed by atoms with Gasteiger partial charge in [-0.1, -0.05) is 36.4 Å². The van der Waals surface area contributed by atoms with Crippen LogP contribution in [0.15, 0.2) is 67.3 Å². The second-order valence-corrected chi connectivity index (χ2v) is 7.45. The smallest absolute Gasteiger partial charge is 0.352 e. The van der Waals surface area contributed by atoms with E-state index in [0.29, 0.717) is 17.0 Å². The normalized spacial score (nSPS) is 19.1. The topological polar surface area (TPSA) is 91.4 Å². The molecular formula is C25H27NO7. The highest BCUT2D eigenvalue weighted by atomic mass is 16.6. The van der Waals surface area contributed by atoms with Gasteiger partial charge in [0.2, 0.25) is 6.10 Å². The molecule has 1 amide bonds. The first kappa shape index (κ1) is 24.0. The minimum Gasteiger partial charge on any atom is -0.497 e. The maximum absolute atomic E-state index is 13.1. The summed E-state index contributed by atoms with van der Waals surface area (Å²) < 4.78 is 21.6. The molecule has 0 N–H and O–H groups in total. The van der Waals surface area contributed by atoms with Crippen molar-refractivity contribution >= 4 is 23.5 Å². The number of benzene rings is 2. The SMILES string of the molecule is C=CCC(OC(=O)[C@H](OC(C)=O)c1ccccc1)[C@H]1[C@@H](OC)C(=O)N1c1ccc(OC)cc1. The molecule has 1 aliphatic heterocycles. The Morgan fingerprint density at radius 3 is 2.27 bits per heavy atom. The van der Waals surface area contributed by atoms with Gasteiger partial charge in [-0.05, 0) is 24.3 Å². The number of hydrogen-bond acceptors (Lipinski definition) is 7. The van der Waals surface area contributed by atoms with Gasteiger partial charge in [0.25, 0.3) is 5.91 Å². The summed E-state index contributed by atoms with van der Waals surface area (Å²) in [6, 6.07) is 15.0. The molecule has 0 aliphatic carbocycles. The molecule has 0 bridgehead atoms. The van der Waals surface area contributed by atoms with Crippen molar-refractivity contribution in [3.63, 3.8) is 0 Å². The number of ether oxygens (including phenoxy) is 4. The van der Waals surface area contributed by atoms with E-state index in [0.717, 1.165) is 0 Å². The van der Waals surface area contributed by atoms with Crippen molar-refractivity contribution in [3.8, 4) is 5.75 Å². The van der Waals surface area contributed by atoms with Crippen LogP contribution in [0, 0.1) is 0 Å². The highest BCUT2D eigenvalue weighted by Gasteiger charge is 2.53. The average Bonchev–Trinajstić information content (AvgIpc) is 2.81. The van der Waals surface area contributed by atoms with Gasteiger partial charge in [-0.15, -0.1) is 6.58 Å². The molecule has 8 heteroatoms. The second-order valence-electron chi connectivity index (χ2n) is 7.45. The number of nitrogens with zero attached hydrogens (tertiary/aromatic N) is 1. The van der Waals surface area contributed by atoms with E-state index in [4.69, 9.17) is 18.9 Å². The lowest BCUT2D eigenvalue weighted by molar-refractivity contribution is -0.175. The fraction of sp³-hybridized carbons (Fsp3) is 0.320. The van der Waals surface area contributed by atoms with E-state index in [1.54, 1.807) is 67.8 Å². The van der Waals surface area contributed by atoms with Gasteiger partial charge >= 0.3 is 11.9 Å². The van der Waals surface area contributed by atoms with E-state index < -0.39 is 36.3 Å². The van der Waals surface area contributed by atoms with Crippen molar-refractivity contribution in [2.45, 2.75) is 37.7 Å². The van der Waals surface area contributed by atoms with Gasteiger partial charge in [0, 0.05) is 31.7 Å². The van der Waals surface area contributed by atoms with E-state index in [-0.39, 0.29) is 12.3 Å². The van der Waals surface area contributed by atoms with Crippen molar-refractivity contribution in [1.29, 1.82) is 0 Å². The Kier molecular flexibility index (Phi) is 7.84. The van der Waals surface area contributed by atoms with Crippen LogP contribution in [0.1, 0.15) is 25.0 Å². The molecule has 0 radical (unpaired) electrons.